The van der Waals surface area contributed by atoms with E-state index < -0.39 is 0 Å². The van der Waals surface area contributed by atoms with Crippen LogP contribution >= 0.6 is 0 Å². The lowest BCUT2D eigenvalue weighted by Crippen LogP contribution is -2.32. The summed E-state index contributed by atoms with van der Waals surface area (Å²) in [5.74, 6) is 0.838. The highest BCUT2D eigenvalue weighted by Crippen LogP contribution is 2.24. The van der Waals surface area contributed by atoms with Crippen LogP contribution in [-0.2, 0) is 13.0 Å². The summed E-state index contributed by atoms with van der Waals surface area (Å²) < 4.78 is 0. The van der Waals surface area contributed by atoms with Gasteiger partial charge in [-0.2, -0.15) is 0 Å². The van der Waals surface area contributed by atoms with Crippen molar-refractivity contribution in [1.29, 1.82) is 0 Å². The number of H-pyrrole nitrogens is 1. The quantitative estimate of drug-likeness (QED) is 0.599. The van der Waals surface area contributed by atoms with Gasteiger partial charge < -0.3 is 15.2 Å². The number of fused-ring (bicyclic) bond motifs is 1. The van der Waals surface area contributed by atoms with Crippen LogP contribution in [0, 0.1) is 5.92 Å². The third-order valence-corrected chi connectivity index (χ3v) is 6.02. The van der Waals surface area contributed by atoms with Crippen LogP contribution in [0.3, 0.4) is 0 Å². The molecule has 4 nitrogen and oxygen atoms in total. The molecule has 3 aromatic rings. The molecule has 0 atom stereocenters. The number of pyridine rings is 1. The second-order valence-electron chi connectivity index (χ2n) is 8.37. The van der Waals surface area contributed by atoms with E-state index in [-0.39, 0.29) is 5.56 Å². The van der Waals surface area contributed by atoms with Gasteiger partial charge in [0.2, 0.25) is 0 Å². The maximum absolute atomic E-state index is 12.4. The first kappa shape index (κ1) is 19.6. The van der Waals surface area contributed by atoms with Gasteiger partial charge in [-0.25, -0.2) is 0 Å². The zero-order chi connectivity index (χ0) is 20.2. The van der Waals surface area contributed by atoms with Crippen molar-refractivity contribution in [2.45, 2.75) is 46.1 Å². The van der Waals surface area contributed by atoms with Crippen LogP contribution in [0.25, 0.3) is 10.9 Å². The number of aromatic amines is 1. The number of aromatic nitrogens is 1. The molecule has 1 aliphatic heterocycles. The molecule has 29 heavy (non-hydrogen) atoms. The molecular weight excluding hydrogens is 358 g/mol. The Kier molecular flexibility index (Phi) is 5.89. The van der Waals surface area contributed by atoms with Crippen molar-refractivity contribution in [2.75, 3.05) is 23.3 Å². The highest BCUT2D eigenvalue weighted by molar-refractivity contribution is 5.79. The molecular formula is C25H31N3O. The Morgan fingerprint density at radius 1 is 1.07 bits per heavy atom. The lowest BCUT2D eigenvalue weighted by Gasteiger charge is -2.32. The number of nitrogens with one attached hydrogen (secondary N) is 2. The smallest absolute Gasteiger partial charge is 0.253 e. The molecule has 1 fully saturated rings. The second kappa shape index (κ2) is 8.73. The topological polar surface area (TPSA) is 48.1 Å². The molecule has 0 unspecified atom stereocenters. The summed E-state index contributed by atoms with van der Waals surface area (Å²) >= 11 is 0. The fourth-order valence-electron chi connectivity index (χ4n) is 4.13. The normalized spacial score (nSPS) is 15.0. The fourth-order valence-corrected chi connectivity index (χ4v) is 4.13. The molecule has 0 saturated carbocycles. The van der Waals surface area contributed by atoms with E-state index in [4.69, 9.17) is 0 Å². The Morgan fingerprint density at radius 3 is 2.55 bits per heavy atom. The zero-order valence-corrected chi connectivity index (χ0v) is 17.5. The molecule has 2 heterocycles. The largest absolute Gasteiger partial charge is 0.381 e. The van der Waals surface area contributed by atoms with E-state index in [1.807, 2.05) is 12.1 Å². The van der Waals surface area contributed by atoms with Gasteiger partial charge in [-0.1, -0.05) is 26.3 Å². The first-order chi connectivity index (χ1) is 14.1. The number of benzene rings is 2. The molecule has 152 valence electrons. The number of nitrogens with zero attached hydrogens (tertiary/aromatic N) is 1. The standard InChI is InChI=1S/C25H31N3O/c1-3-4-19-5-10-24-20(15-19)16-21(25(29)27-24)17-26-22-6-8-23(9-7-22)28-13-11-18(2)12-14-28/h5-10,15-16,18,26H,3-4,11-14,17H2,1-2H3,(H,27,29). The number of rotatable bonds is 6. The Bertz CT molecular complexity index is 1010. The molecule has 1 aliphatic rings. The Hall–Kier alpha value is -2.75. The molecule has 0 bridgehead atoms. The van der Waals surface area contributed by atoms with Crippen molar-refractivity contribution >= 4 is 22.3 Å². The van der Waals surface area contributed by atoms with Gasteiger partial charge in [0.05, 0.1) is 0 Å². The van der Waals surface area contributed by atoms with Gasteiger partial charge in [-0.3, -0.25) is 4.79 Å². The molecule has 1 saturated heterocycles. The van der Waals surface area contributed by atoms with Crippen LogP contribution in [0.1, 0.15) is 44.2 Å². The van der Waals surface area contributed by atoms with Crippen molar-refractivity contribution in [3.8, 4) is 0 Å². The summed E-state index contributed by atoms with van der Waals surface area (Å²) in [5.41, 5.74) is 5.29. The van der Waals surface area contributed by atoms with Gasteiger partial charge in [-0.15, -0.1) is 0 Å². The van der Waals surface area contributed by atoms with Crippen molar-refractivity contribution < 1.29 is 0 Å². The van der Waals surface area contributed by atoms with E-state index in [0.717, 1.165) is 54.0 Å². The molecule has 4 rings (SSSR count). The third kappa shape index (κ3) is 4.64. The van der Waals surface area contributed by atoms with Crippen molar-refractivity contribution in [1.82, 2.24) is 4.98 Å². The summed E-state index contributed by atoms with van der Waals surface area (Å²) in [6.07, 6.45) is 4.72. The van der Waals surface area contributed by atoms with Crippen LogP contribution in [0.15, 0.2) is 53.3 Å². The number of aryl methyl sites for hydroxylation is 1. The summed E-state index contributed by atoms with van der Waals surface area (Å²) in [5, 5.41) is 4.50. The molecule has 1 aromatic heterocycles. The fraction of sp³-hybridized carbons (Fsp3) is 0.400. The van der Waals surface area contributed by atoms with E-state index in [2.05, 4.69) is 65.4 Å². The minimum absolute atomic E-state index is 0.0210. The van der Waals surface area contributed by atoms with Gasteiger partial charge in [0.1, 0.15) is 0 Å². The minimum Gasteiger partial charge on any atom is -0.381 e. The molecule has 2 N–H and O–H groups in total. The predicted molar refractivity (Wildman–Crippen MR) is 123 cm³/mol. The molecule has 2 aromatic carbocycles. The lowest BCUT2D eigenvalue weighted by atomic mass is 9.99. The molecule has 0 radical (unpaired) electrons. The maximum Gasteiger partial charge on any atom is 0.253 e. The highest BCUT2D eigenvalue weighted by Gasteiger charge is 2.15. The van der Waals surface area contributed by atoms with Gasteiger partial charge in [0.15, 0.2) is 0 Å². The molecule has 4 heteroatoms. The van der Waals surface area contributed by atoms with Gasteiger partial charge in [-0.05, 0) is 78.6 Å². The summed E-state index contributed by atoms with van der Waals surface area (Å²) in [6, 6.07) is 16.9. The average molecular weight is 390 g/mol. The summed E-state index contributed by atoms with van der Waals surface area (Å²) in [4.78, 5) is 17.9. The van der Waals surface area contributed by atoms with E-state index in [9.17, 15) is 4.79 Å². The maximum atomic E-state index is 12.4. The first-order valence-electron chi connectivity index (χ1n) is 10.9. The Balaban J connectivity index is 1.44. The van der Waals surface area contributed by atoms with E-state index in [1.165, 1.54) is 24.1 Å². The Labute approximate surface area is 173 Å². The minimum atomic E-state index is -0.0210. The van der Waals surface area contributed by atoms with Crippen LogP contribution in [0.4, 0.5) is 11.4 Å². The van der Waals surface area contributed by atoms with E-state index in [1.54, 1.807) is 0 Å². The lowest BCUT2D eigenvalue weighted by molar-refractivity contribution is 0.438. The second-order valence-corrected chi connectivity index (χ2v) is 8.37. The van der Waals surface area contributed by atoms with Crippen LogP contribution in [0.2, 0.25) is 0 Å². The van der Waals surface area contributed by atoms with Gasteiger partial charge in [0.25, 0.3) is 5.56 Å². The number of piperidine rings is 1. The summed E-state index contributed by atoms with van der Waals surface area (Å²) in [6.45, 7) is 7.32. The summed E-state index contributed by atoms with van der Waals surface area (Å²) in [7, 11) is 0. The van der Waals surface area contributed by atoms with Crippen LogP contribution in [0.5, 0.6) is 0 Å². The number of hydrogen-bond acceptors (Lipinski definition) is 3. The third-order valence-electron chi connectivity index (χ3n) is 6.02. The highest BCUT2D eigenvalue weighted by atomic mass is 16.1. The van der Waals surface area contributed by atoms with Crippen molar-refractivity contribution in [3.63, 3.8) is 0 Å². The van der Waals surface area contributed by atoms with E-state index in [0.29, 0.717) is 6.54 Å². The van der Waals surface area contributed by atoms with Gasteiger partial charge >= 0.3 is 0 Å². The molecule has 0 aliphatic carbocycles. The Morgan fingerprint density at radius 2 is 1.83 bits per heavy atom. The van der Waals surface area contributed by atoms with Crippen LogP contribution in [-0.4, -0.2) is 18.1 Å². The van der Waals surface area contributed by atoms with Crippen molar-refractivity contribution in [2.24, 2.45) is 5.92 Å². The number of hydrogen-bond donors (Lipinski definition) is 2. The average Bonchev–Trinajstić information content (AvgIpc) is 2.74. The first-order valence-corrected chi connectivity index (χ1v) is 10.9. The molecule has 0 amide bonds. The van der Waals surface area contributed by atoms with Gasteiger partial charge in [0, 0.05) is 42.1 Å². The number of anilines is 2. The van der Waals surface area contributed by atoms with E-state index >= 15 is 0 Å². The molecule has 0 spiro atoms. The predicted octanol–water partition coefficient (Wildman–Crippen LogP) is 5.33. The SMILES string of the molecule is CCCc1ccc2[nH]c(=O)c(CNc3ccc(N4CCC(C)CC4)cc3)cc2c1. The van der Waals surface area contributed by atoms with Crippen LogP contribution < -0.4 is 15.8 Å². The van der Waals surface area contributed by atoms with Crippen molar-refractivity contribution in [3.05, 3.63) is 70.0 Å². The zero-order valence-electron chi connectivity index (χ0n) is 17.5. The monoisotopic (exact) mass is 389 g/mol.